The van der Waals surface area contributed by atoms with E-state index in [1.807, 2.05) is 25.1 Å². The fourth-order valence-corrected chi connectivity index (χ4v) is 2.57. The Labute approximate surface area is 157 Å². The molecule has 1 heterocycles. The van der Waals surface area contributed by atoms with Gasteiger partial charge >= 0.3 is 0 Å². The summed E-state index contributed by atoms with van der Waals surface area (Å²) in [6.45, 7) is 4.01. The molecule has 0 aliphatic rings. The van der Waals surface area contributed by atoms with E-state index < -0.39 is 0 Å². The highest BCUT2D eigenvalue weighted by molar-refractivity contribution is 6.31. The first-order valence-electron chi connectivity index (χ1n) is 8.30. The van der Waals surface area contributed by atoms with Gasteiger partial charge in [-0.1, -0.05) is 36.7 Å². The number of nitrogens with zero attached hydrogens (tertiary/aromatic N) is 2. The Morgan fingerprint density at radius 2 is 1.85 bits per heavy atom. The average Bonchev–Trinajstić information content (AvgIpc) is 2.66. The van der Waals surface area contributed by atoms with E-state index in [2.05, 4.69) is 39.7 Å². The van der Waals surface area contributed by atoms with E-state index in [1.165, 1.54) is 18.0 Å². The zero-order valence-electron chi connectivity index (χ0n) is 14.6. The molecule has 26 heavy (non-hydrogen) atoms. The molecule has 5 nitrogen and oxygen atoms in total. The molecule has 0 saturated carbocycles. The second-order valence-corrected chi connectivity index (χ2v) is 6.31. The lowest BCUT2D eigenvalue weighted by Gasteiger charge is -2.09. The third-order valence-corrected chi connectivity index (χ3v) is 4.20. The molecule has 0 saturated heterocycles. The van der Waals surface area contributed by atoms with Gasteiger partial charge in [-0.3, -0.25) is 4.79 Å². The van der Waals surface area contributed by atoms with Crippen molar-refractivity contribution < 1.29 is 4.79 Å². The van der Waals surface area contributed by atoms with Gasteiger partial charge in [0.05, 0.1) is 12.4 Å². The molecule has 0 fully saturated rings. The summed E-state index contributed by atoms with van der Waals surface area (Å²) in [6, 6.07) is 13.4. The maximum absolute atomic E-state index is 12.3. The van der Waals surface area contributed by atoms with Crippen LogP contribution in [-0.2, 0) is 6.42 Å². The molecule has 0 radical (unpaired) electrons. The lowest BCUT2D eigenvalue weighted by Crippen LogP contribution is -2.15. The normalized spacial score (nSPS) is 10.4. The van der Waals surface area contributed by atoms with Gasteiger partial charge in [-0.2, -0.15) is 0 Å². The smallest absolute Gasteiger partial charge is 0.275 e. The van der Waals surface area contributed by atoms with Crippen molar-refractivity contribution in [2.45, 2.75) is 20.3 Å². The van der Waals surface area contributed by atoms with Crippen LogP contribution >= 0.6 is 11.6 Å². The monoisotopic (exact) mass is 366 g/mol. The Balaban J connectivity index is 1.68. The molecule has 2 N–H and O–H groups in total. The Hall–Kier alpha value is -2.92. The van der Waals surface area contributed by atoms with Crippen LogP contribution in [0.25, 0.3) is 0 Å². The topological polar surface area (TPSA) is 66.9 Å². The number of amides is 1. The number of carbonyl (C=O) groups is 1. The van der Waals surface area contributed by atoms with E-state index in [-0.39, 0.29) is 11.6 Å². The Morgan fingerprint density at radius 3 is 2.50 bits per heavy atom. The van der Waals surface area contributed by atoms with Crippen LogP contribution in [0.5, 0.6) is 0 Å². The Morgan fingerprint density at radius 1 is 1.08 bits per heavy atom. The summed E-state index contributed by atoms with van der Waals surface area (Å²) in [5.74, 6) is 0.242. The van der Waals surface area contributed by atoms with Gasteiger partial charge in [0.2, 0.25) is 0 Å². The molecule has 0 atom stereocenters. The van der Waals surface area contributed by atoms with E-state index >= 15 is 0 Å². The fraction of sp³-hybridized carbons (Fsp3) is 0.150. The predicted octanol–water partition coefficient (Wildman–Crippen LogP) is 5.00. The highest BCUT2D eigenvalue weighted by atomic mass is 35.5. The Bertz CT molecular complexity index is 908. The molecule has 6 heteroatoms. The summed E-state index contributed by atoms with van der Waals surface area (Å²) in [5.41, 5.74) is 4.00. The van der Waals surface area contributed by atoms with E-state index in [1.54, 1.807) is 12.1 Å². The van der Waals surface area contributed by atoms with Crippen LogP contribution in [0, 0.1) is 6.92 Å². The first kappa shape index (κ1) is 17.9. The third-order valence-electron chi connectivity index (χ3n) is 3.97. The quantitative estimate of drug-likeness (QED) is 0.667. The van der Waals surface area contributed by atoms with Gasteiger partial charge in [0.15, 0.2) is 0 Å². The first-order valence-corrected chi connectivity index (χ1v) is 8.68. The van der Waals surface area contributed by atoms with Crippen molar-refractivity contribution in [3.8, 4) is 0 Å². The highest BCUT2D eigenvalue weighted by Crippen LogP contribution is 2.21. The number of aryl methyl sites for hydroxylation is 2. The average molecular weight is 367 g/mol. The van der Waals surface area contributed by atoms with Gasteiger partial charge < -0.3 is 10.6 Å². The summed E-state index contributed by atoms with van der Waals surface area (Å²) in [6.07, 6.45) is 3.97. The van der Waals surface area contributed by atoms with Crippen LogP contribution in [-0.4, -0.2) is 15.9 Å². The minimum absolute atomic E-state index is 0.233. The maximum atomic E-state index is 12.3. The van der Waals surface area contributed by atoms with Crippen molar-refractivity contribution in [3.05, 3.63) is 76.7 Å². The number of nitrogens with one attached hydrogen (secondary N) is 2. The molecule has 0 spiro atoms. The minimum Gasteiger partial charge on any atom is -0.339 e. The number of hydrogen-bond acceptors (Lipinski definition) is 4. The molecule has 0 unspecified atom stereocenters. The number of rotatable bonds is 5. The van der Waals surface area contributed by atoms with Gasteiger partial charge in [0, 0.05) is 16.4 Å². The third kappa shape index (κ3) is 4.37. The van der Waals surface area contributed by atoms with Crippen LogP contribution in [0.3, 0.4) is 0 Å². The van der Waals surface area contributed by atoms with Crippen LogP contribution in [0.1, 0.15) is 28.5 Å². The van der Waals surface area contributed by atoms with Crippen LogP contribution in [0.2, 0.25) is 5.02 Å². The molecule has 1 aromatic heterocycles. The SMILES string of the molecule is CCc1ccc(Nc2cnc(C(=O)Nc3cc(Cl)ccc3C)cn2)cc1. The molecule has 1 amide bonds. The predicted molar refractivity (Wildman–Crippen MR) is 105 cm³/mol. The molecule has 2 aromatic carbocycles. The van der Waals surface area contributed by atoms with Crippen LogP contribution < -0.4 is 10.6 Å². The standard InChI is InChI=1S/C20H19ClN4O/c1-3-14-5-8-16(9-6-14)24-19-12-22-18(11-23-19)20(26)25-17-10-15(21)7-4-13(17)2/h4-12H,3H2,1-2H3,(H,23,24)(H,25,26). The second kappa shape index (κ2) is 7.97. The number of hydrogen-bond donors (Lipinski definition) is 2. The molecular formula is C20H19ClN4O. The van der Waals surface area contributed by atoms with E-state index in [4.69, 9.17) is 11.6 Å². The summed E-state index contributed by atoms with van der Waals surface area (Å²) in [7, 11) is 0. The molecule has 3 aromatic rings. The zero-order chi connectivity index (χ0) is 18.5. The van der Waals surface area contributed by atoms with Gasteiger partial charge in [-0.15, -0.1) is 0 Å². The van der Waals surface area contributed by atoms with Crippen molar-refractivity contribution in [2.24, 2.45) is 0 Å². The van der Waals surface area contributed by atoms with Crippen molar-refractivity contribution in [1.82, 2.24) is 9.97 Å². The van der Waals surface area contributed by atoms with Gasteiger partial charge in [0.1, 0.15) is 11.5 Å². The first-order chi connectivity index (χ1) is 12.5. The molecule has 0 aliphatic carbocycles. The number of carbonyl (C=O) groups excluding carboxylic acids is 1. The van der Waals surface area contributed by atoms with Crippen LogP contribution in [0.15, 0.2) is 54.9 Å². The summed E-state index contributed by atoms with van der Waals surface area (Å²) in [4.78, 5) is 20.8. The highest BCUT2D eigenvalue weighted by Gasteiger charge is 2.10. The lowest BCUT2D eigenvalue weighted by atomic mass is 10.1. The van der Waals surface area contributed by atoms with Crippen LogP contribution in [0.4, 0.5) is 17.2 Å². The summed E-state index contributed by atoms with van der Waals surface area (Å²) >= 11 is 5.98. The fourth-order valence-electron chi connectivity index (χ4n) is 2.40. The number of benzene rings is 2. The second-order valence-electron chi connectivity index (χ2n) is 5.88. The summed E-state index contributed by atoms with van der Waals surface area (Å²) < 4.78 is 0. The van der Waals surface area contributed by atoms with Crippen molar-refractivity contribution in [1.29, 1.82) is 0 Å². The van der Waals surface area contributed by atoms with Crippen molar-refractivity contribution >= 4 is 34.7 Å². The van der Waals surface area contributed by atoms with Gasteiger partial charge in [0.25, 0.3) is 5.91 Å². The molecule has 3 rings (SSSR count). The zero-order valence-corrected chi connectivity index (χ0v) is 15.3. The molecule has 132 valence electrons. The van der Waals surface area contributed by atoms with Gasteiger partial charge in [-0.05, 0) is 48.7 Å². The lowest BCUT2D eigenvalue weighted by molar-refractivity contribution is 0.102. The van der Waals surface area contributed by atoms with Gasteiger partial charge in [-0.25, -0.2) is 9.97 Å². The molecule has 0 aliphatic heterocycles. The number of halogens is 1. The Kier molecular flexibility index (Phi) is 5.49. The van der Waals surface area contributed by atoms with E-state index in [0.29, 0.717) is 16.5 Å². The van der Waals surface area contributed by atoms with E-state index in [9.17, 15) is 4.79 Å². The molecule has 0 bridgehead atoms. The largest absolute Gasteiger partial charge is 0.339 e. The number of anilines is 3. The number of aromatic nitrogens is 2. The van der Waals surface area contributed by atoms with Crippen molar-refractivity contribution in [2.75, 3.05) is 10.6 Å². The maximum Gasteiger partial charge on any atom is 0.275 e. The minimum atomic E-state index is -0.332. The van der Waals surface area contributed by atoms with Crippen molar-refractivity contribution in [3.63, 3.8) is 0 Å². The molecular weight excluding hydrogens is 348 g/mol. The van der Waals surface area contributed by atoms with E-state index in [0.717, 1.165) is 17.7 Å². The summed E-state index contributed by atoms with van der Waals surface area (Å²) in [5, 5.41) is 6.53.